The predicted molar refractivity (Wildman–Crippen MR) is 76.9 cm³/mol. The van der Waals surface area contributed by atoms with Gasteiger partial charge in [-0.3, -0.25) is 9.48 Å². The second kappa shape index (κ2) is 5.40. The Kier molecular flexibility index (Phi) is 3.99. The molecular formula is C13H19N3O3S. The molecule has 1 aromatic rings. The van der Waals surface area contributed by atoms with E-state index < -0.39 is 9.84 Å². The Morgan fingerprint density at radius 3 is 2.65 bits per heavy atom. The Morgan fingerprint density at radius 2 is 2.15 bits per heavy atom. The Balaban J connectivity index is 2.00. The Bertz CT molecular complexity index is 659. The zero-order chi connectivity index (χ0) is 14.9. The maximum atomic E-state index is 11.8. The first kappa shape index (κ1) is 14.8. The number of nitrogens with one attached hydrogen (secondary N) is 1. The summed E-state index contributed by atoms with van der Waals surface area (Å²) >= 11 is 0. The molecule has 1 fully saturated rings. The summed E-state index contributed by atoms with van der Waals surface area (Å²) in [4.78, 5) is 11.8. The van der Waals surface area contributed by atoms with Gasteiger partial charge in [-0.1, -0.05) is 0 Å². The SMILES string of the molecule is Cc1nn(C)c(C)c1C=CC(=O)NC1CCS(=O)(=O)C1. The van der Waals surface area contributed by atoms with Gasteiger partial charge < -0.3 is 5.32 Å². The number of nitrogens with zero attached hydrogens (tertiary/aromatic N) is 2. The first-order valence-corrected chi connectivity index (χ1v) is 8.30. The van der Waals surface area contributed by atoms with Crippen LogP contribution in [0.2, 0.25) is 0 Å². The lowest BCUT2D eigenvalue weighted by Gasteiger charge is -2.07. The third-order valence-electron chi connectivity index (χ3n) is 3.55. The summed E-state index contributed by atoms with van der Waals surface area (Å²) in [5, 5.41) is 6.98. The number of hydrogen-bond donors (Lipinski definition) is 1. The normalized spacial score (nSPS) is 21.4. The van der Waals surface area contributed by atoms with Crippen LogP contribution in [0.25, 0.3) is 6.08 Å². The minimum atomic E-state index is -2.97. The van der Waals surface area contributed by atoms with Crippen LogP contribution in [0.1, 0.15) is 23.4 Å². The summed E-state index contributed by atoms with van der Waals surface area (Å²) < 4.78 is 24.4. The van der Waals surface area contributed by atoms with E-state index in [-0.39, 0.29) is 23.5 Å². The minimum absolute atomic E-state index is 0.0392. The fraction of sp³-hybridized carbons (Fsp3) is 0.538. The van der Waals surface area contributed by atoms with Crippen molar-refractivity contribution < 1.29 is 13.2 Å². The number of hydrogen-bond acceptors (Lipinski definition) is 4. The van der Waals surface area contributed by atoms with Crippen LogP contribution in [0.4, 0.5) is 0 Å². The summed E-state index contributed by atoms with van der Waals surface area (Å²) in [6, 6.07) is -0.270. The highest BCUT2D eigenvalue weighted by Gasteiger charge is 2.28. The van der Waals surface area contributed by atoms with Crippen LogP contribution >= 0.6 is 0 Å². The van der Waals surface area contributed by atoms with Crippen molar-refractivity contribution >= 4 is 21.8 Å². The molecule has 110 valence electrons. The van der Waals surface area contributed by atoms with Crippen LogP contribution in [0.3, 0.4) is 0 Å². The van der Waals surface area contributed by atoms with Crippen molar-refractivity contribution in [3.05, 3.63) is 23.0 Å². The van der Waals surface area contributed by atoms with Gasteiger partial charge in [0.15, 0.2) is 9.84 Å². The molecule has 0 aliphatic carbocycles. The third-order valence-corrected chi connectivity index (χ3v) is 5.31. The van der Waals surface area contributed by atoms with E-state index in [9.17, 15) is 13.2 Å². The van der Waals surface area contributed by atoms with E-state index >= 15 is 0 Å². The van der Waals surface area contributed by atoms with Crippen LogP contribution in [-0.4, -0.2) is 41.7 Å². The van der Waals surface area contributed by atoms with E-state index in [0.29, 0.717) is 6.42 Å². The molecule has 1 atom stereocenters. The number of amides is 1. The molecule has 7 heteroatoms. The predicted octanol–water partition coefficient (Wildman–Crippen LogP) is 0.353. The standard InChI is InChI=1S/C13H19N3O3S/c1-9-12(10(2)16(3)15-9)4-5-13(17)14-11-6-7-20(18,19)8-11/h4-5,11H,6-8H2,1-3H3,(H,14,17). The molecule has 1 saturated heterocycles. The van der Waals surface area contributed by atoms with Gasteiger partial charge in [-0.05, 0) is 26.3 Å². The van der Waals surface area contributed by atoms with Crippen molar-refractivity contribution in [2.45, 2.75) is 26.3 Å². The molecule has 1 aliphatic rings. The number of aromatic nitrogens is 2. The number of sulfone groups is 1. The van der Waals surface area contributed by atoms with Crippen molar-refractivity contribution in [2.24, 2.45) is 7.05 Å². The van der Waals surface area contributed by atoms with Crippen LogP contribution in [-0.2, 0) is 21.7 Å². The van der Waals surface area contributed by atoms with Crippen LogP contribution < -0.4 is 5.32 Å². The molecule has 1 unspecified atom stereocenters. The molecule has 1 N–H and O–H groups in total. The first-order valence-electron chi connectivity index (χ1n) is 6.48. The van der Waals surface area contributed by atoms with Crippen molar-refractivity contribution in [1.29, 1.82) is 0 Å². The second-order valence-electron chi connectivity index (χ2n) is 5.15. The molecule has 0 aromatic carbocycles. The minimum Gasteiger partial charge on any atom is -0.349 e. The fourth-order valence-corrected chi connectivity index (χ4v) is 4.02. The maximum Gasteiger partial charge on any atom is 0.244 e. The number of carbonyl (C=O) groups excluding carboxylic acids is 1. The van der Waals surface area contributed by atoms with Gasteiger partial charge >= 0.3 is 0 Å². The molecule has 20 heavy (non-hydrogen) atoms. The Morgan fingerprint density at radius 1 is 1.45 bits per heavy atom. The van der Waals surface area contributed by atoms with Crippen molar-refractivity contribution in [1.82, 2.24) is 15.1 Å². The van der Waals surface area contributed by atoms with E-state index in [2.05, 4.69) is 10.4 Å². The van der Waals surface area contributed by atoms with Gasteiger partial charge in [0.25, 0.3) is 0 Å². The fourth-order valence-electron chi connectivity index (χ4n) is 2.35. The lowest BCUT2D eigenvalue weighted by Crippen LogP contribution is -2.34. The molecule has 1 amide bonds. The highest BCUT2D eigenvalue weighted by Crippen LogP contribution is 2.14. The van der Waals surface area contributed by atoms with E-state index in [1.54, 1.807) is 10.8 Å². The lowest BCUT2D eigenvalue weighted by molar-refractivity contribution is -0.116. The van der Waals surface area contributed by atoms with Crippen LogP contribution in [0.15, 0.2) is 6.08 Å². The van der Waals surface area contributed by atoms with Crippen LogP contribution in [0.5, 0.6) is 0 Å². The highest BCUT2D eigenvalue weighted by atomic mass is 32.2. The molecule has 1 aliphatic heterocycles. The van der Waals surface area contributed by atoms with Gasteiger partial charge in [0.2, 0.25) is 5.91 Å². The lowest BCUT2D eigenvalue weighted by atomic mass is 10.2. The van der Waals surface area contributed by atoms with Gasteiger partial charge in [-0.15, -0.1) is 0 Å². The quantitative estimate of drug-likeness (QED) is 0.817. The van der Waals surface area contributed by atoms with Crippen molar-refractivity contribution in [3.63, 3.8) is 0 Å². The van der Waals surface area contributed by atoms with Crippen molar-refractivity contribution in [2.75, 3.05) is 11.5 Å². The number of carbonyl (C=O) groups is 1. The van der Waals surface area contributed by atoms with Crippen molar-refractivity contribution in [3.8, 4) is 0 Å². The smallest absolute Gasteiger partial charge is 0.244 e. The molecule has 2 heterocycles. The molecular weight excluding hydrogens is 278 g/mol. The maximum absolute atomic E-state index is 11.8. The van der Waals surface area contributed by atoms with E-state index in [4.69, 9.17) is 0 Å². The molecule has 0 spiro atoms. The summed E-state index contributed by atoms with van der Waals surface area (Å²) in [5.41, 5.74) is 2.76. The summed E-state index contributed by atoms with van der Waals surface area (Å²) in [5.74, 6) is -0.0743. The van der Waals surface area contributed by atoms with Gasteiger partial charge in [-0.2, -0.15) is 5.10 Å². The molecule has 2 rings (SSSR count). The van der Waals surface area contributed by atoms with Gasteiger partial charge in [0.1, 0.15) is 0 Å². The summed E-state index contributed by atoms with van der Waals surface area (Å²) in [7, 11) is -1.12. The zero-order valence-corrected chi connectivity index (χ0v) is 12.7. The molecule has 0 saturated carbocycles. The average molecular weight is 297 g/mol. The van der Waals surface area contributed by atoms with E-state index in [1.807, 2.05) is 20.9 Å². The molecule has 6 nitrogen and oxygen atoms in total. The largest absolute Gasteiger partial charge is 0.349 e. The monoisotopic (exact) mass is 297 g/mol. The Labute approximate surface area is 118 Å². The van der Waals surface area contributed by atoms with Gasteiger partial charge in [0, 0.05) is 30.4 Å². The molecule has 0 radical (unpaired) electrons. The van der Waals surface area contributed by atoms with E-state index in [0.717, 1.165) is 17.0 Å². The first-order chi connectivity index (χ1) is 9.28. The summed E-state index contributed by atoms with van der Waals surface area (Å²) in [6.45, 7) is 3.81. The molecule has 1 aromatic heterocycles. The van der Waals surface area contributed by atoms with Gasteiger partial charge in [0.05, 0.1) is 17.2 Å². The van der Waals surface area contributed by atoms with E-state index in [1.165, 1.54) is 6.08 Å². The van der Waals surface area contributed by atoms with Crippen LogP contribution in [0, 0.1) is 13.8 Å². The number of rotatable bonds is 3. The average Bonchev–Trinajstić information content (AvgIpc) is 2.78. The summed E-state index contributed by atoms with van der Waals surface area (Å²) in [6.07, 6.45) is 3.64. The van der Waals surface area contributed by atoms with Gasteiger partial charge in [-0.25, -0.2) is 8.42 Å². The zero-order valence-electron chi connectivity index (χ0n) is 11.9. The topological polar surface area (TPSA) is 81.1 Å². The molecule has 0 bridgehead atoms. The number of aryl methyl sites for hydroxylation is 2. The third kappa shape index (κ3) is 3.27. The second-order valence-corrected chi connectivity index (χ2v) is 7.38. The highest BCUT2D eigenvalue weighted by molar-refractivity contribution is 7.91. The Hall–Kier alpha value is -1.63.